The lowest BCUT2D eigenvalue weighted by Gasteiger charge is -2.14. The molecule has 0 spiro atoms. The van der Waals surface area contributed by atoms with Gasteiger partial charge in [0.1, 0.15) is 5.75 Å². The molecule has 1 aromatic rings. The first-order valence-corrected chi connectivity index (χ1v) is 6.08. The standard InChI is InChI=1S/C10H9Br2F3O/c1-16-9-3-2-6(4-7(9)11)8(12)5-10(13,14)15/h2-4,8H,5H2,1H3. The summed E-state index contributed by atoms with van der Waals surface area (Å²) >= 11 is 6.25. The van der Waals surface area contributed by atoms with Gasteiger partial charge in [-0.15, -0.1) is 0 Å². The summed E-state index contributed by atoms with van der Waals surface area (Å²) in [4.78, 5) is -0.741. The number of hydrogen-bond acceptors (Lipinski definition) is 1. The van der Waals surface area contributed by atoms with Gasteiger partial charge in [0.15, 0.2) is 0 Å². The lowest BCUT2D eigenvalue weighted by molar-refractivity contribution is -0.134. The second-order valence-electron chi connectivity index (χ2n) is 3.18. The highest BCUT2D eigenvalue weighted by atomic mass is 79.9. The Morgan fingerprint density at radius 1 is 1.38 bits per heavy atom. The number of hydrogen-bond donors (Lipinski definition) is 0. The lowest BCUT2D eigenvalue weighted by atomic mass is 10.1. The molecule has 0 N–H and O–H groups in total. The highest BCUT2D eigenvalue weighted by Gasteiger charge is 2.31. The molecule has 0 amide bonds. The molecule has 0 saturated carbocycles. The summed E-state index contributed by atoms with van der Waals surface area (Å²) in [5, 5.41) is 0. The first kappa shape index (κ1) is 13.8. The van der Waals surface area contributed by atoms with Crippen LogP contribution in [0.25, 0.3) is 0 Å². The van der Waals surface area contributed by atoms with E-state index in [2.05, 4.69) is 31.9 Å². The summed E-state index contributed by atoms with van der Waals surface area (Å²) in [6, 6.07) is 4.85. The van der Waals surface area contributed by atoms with Crippen LogP contribution in [0.3, 0.4) is 0 Å². The zero-order chi connectivity index (χ0) is 12.3. The molecule has 1 unspecified atom stereocenters. The first-order chi connectivity index (χ1) is 7.33. The highest BCUT2D eigenvalue weighted by Crippen LogP contribution is 2.37. The number of alkyl halides is 4. The quantitative estimate of drug-likeness (QED) is 0.699. The van der Waals surface area contributed by atoms with Crippen molar-refractivity contribution < 1.29 is 17.9 Å². The Bertz CT molecular complexity index is 366. The first-order valence-electron chi connectivity index (χ1n) is 4.38. The largest absolute Gasteiger partial charge is 0.496 e. The monoisotopic (exact) mass is 360 g/mol. The van der Waals surface area contributed by atoms with Gasteiger partial charge in [-0.25, -0.2) is 0 Å². The molecule has 1 rings (SSSR count). The van der Waals surface area contributed by atoms with Crippen molar-refractivity contribution in [1.82, 2.24) is 0 Å². The van der Waals surface area contributed by atoms with Crippen molar-refractivity contribution in [2.45, 2.75) is 17.4 Å². The van der Waals surface area contributed by atoms with E-state index in [1.165, 1.54) is 7.11 Å². The molecule has 1 aromatic carbocycles. The molecule has 0 saturated heterocycles. The smallest absolute Gasteiger partial charge is 0.390 e. The molecule has 0 aliphatic rings. The van der Waals surface area contributed by atoms with Gasteiger partial charge in [-0.2, -0.15) is 13.2 Å². The van der Waals surface area contributed by atoms with Gasteiger partial charge in [-0.3, -0.25) is 0 Å². The summed E-state index contributed by atoms with van der Waals surface area (Å²) in [7, 11) is 1.50. The minimum atomic E-state index is -4.18. The van der Waals surface area contributed by atoms with Crippen LogP contribution in [-0.4, -0.2) is 13.3 Å². The highest BCUT2D eigenvalue weighted by molar-refractivity contribution is 9.10. The Balaban J connectivity index is 2.85. The Kier molecular flexibility index (Phi) is 4.67. The number of methoxy groups -OCH3 is 1. The Hall–Kier alpha value is -0.230. The molecule has 0 aliphatic carbocycles. The van der Waals surface area contributed by atoms with Crippen LogP contribution in [0.5, 0.6) is 5.75 Å². The van der Waals surface area contributed by atoms with Crippen molar-refractivity contribution in [2.75, 3.05) is 7.11 Å². The molecule has 0 bridgehead atoms. The Morgan fingerprint density at radius 2 is 2.00 bits per heavy atom. The molecule has 6 heteroatoms. The van der Waals surface area contributed by atoms with Crippen LogP contribution in [0.15, 0.2) is 22.7 Å². The molecule has 1 atom stereocenters. The normalized spacial score (nSPS) is 13.6. The van der Waals surface area contributed by atoms with Gasteiger partial charge in [-0.1, -0.05) is 22.0 Å². The summed E-state index contributed by atoms with van der Waals surface area (Å²) in [5.41, 5.74) is 0.560. The third kappa shape index (κ3) is 3.97. The van der Waals surface area contributed by atoms with Crippen LogP contribution >= 0.6 is 31.9 Å². The molecule has 0 aromatic heterocycles. The van der Waals surface area contributed by atoms with E-state index >= 15 is 0 Å². The maximum absolute atomic E-state index is 12.2. The van der Waals surface area contributed by atoms with Crippen molar-refractivity contribution in [3.8, 4) is 5.75 Å². The average Bonchev–Trinajstić information content (AvgIpc) is 2.15. The van der Waals surface area contributed by atoms with Crippen molar-refractivity contribution in [2.24, 2.45) is 0 Å². The van der Waals surface area contributed by atoms with Gasteiger partial charge >= 0.3 is 6.18 Å². The topological polar surface area (TPSA) is 9.23 Å². The molecule has 0 heterocycles. The maximum atomic E-state index is 12.2. The van der Waals surface area contributed by atoms with Crippen LogP contribution in [0, 0.1) is 0 Å². The molecule has 16 heavy (non-hydrogen) atoms. The predicted octanol–water partition coefficient (Wildman–Crippen LogP) is 4.85. The molecule has 90 valence electrons. The second kappa shape index (κ2) is 5.40. The minimum Gasteiger partial charge on any atom is -0.496 e. The number of rotatable bonds is 3. The van der Waals surface area contributed by atoms with Gasteiger partial charge in [0.25, 0.3) is 0 Å². The molecule has 0 aliphatic heterocycles. The summed E-state index contributed by atoms with van der Waals surface area (Å²) in [5.74, 6) is 0.593. The maximum Gasteiger partial charge on any atom is 0.390 e. The van der Waals surface area contributed by atoms with Crippen LogP contribution in [0.2, 0.25) is 0 Å². The van der Waals surface area contributed by atoms with E-state index in [-0.39, 0.29) is 0 Å². The van der Waals surface area contributed by atoms with Gasteiger partial charge in [0, 0.05) is 4.83 Å². The summed E-state index contributed by atoms with van der Waals surface area (Å²) in [6.07, 6.45) is -5.08. The van der Waals surface area contributed by atoms with Crippen molar-refractivity contribution >= 4 is 31.9 Å². The molecular formula is C10H9Br2F3O. The molecular weight excluding hydrogens is 353 g/mol. The van der Waals surface area contributed by atoms with Crippen molar-refractivity contribution in [1.29, 1.82) is 0 Å². The summed E-state index contributed by atoms with van der Waals surface area (Å²) in [6.45, 7) is 0. The zero-order valence-electron chi connectivity index (χ0n) is 8.31. The Labute approximate surface area is 108 Å². The van der Waals surface area contributed by atoms with Crippen LogP contribution < -0.4 is 4.74 Å². The minimum absolute atomic E-state index is 0.560. The fraction of sp³-hybridized carbons (Fsp3) is 0.400. The predicted molar refractivity (Wildman–Crippen MR) is 63.0 cm³/mol. The van der Waals surface area contributed by atoms with E-state index in [1.807, 2.05) is 0 Å². The molecule has 0 fully saturated rings. The molecule has 1 nitrogen and oxygen atoms in total. The third-order valence-electron chi connectivity index (χ3n) is 1.95. The number of halogens is 5. The van der Waals surface area contributed by atoms with Crippen LogP contribution in [-0.2, 0) is 0 Å². The SMILES string of the molecule is COc1ccc(C(Br)CC(F)(F)F)cc1Br. The number of benzene rings is 1. The van der Waals surface area contributed by atoms with E-state index in [0.717, 1.165) is 0 Å². The molecule has 0 radical (unpaired) electrons. The van der Waals surface area contributed by atoms with E-state index in [0.29, 0.717) is 15.8 Å². The second-order valence-corrected chi connectivity index (χ2v) is 5.14. The van der Waals surface area contributed by atoms with Crippen LogP contribution in [0.4, 0.5) is 13.2 Å². The average molecular weight is 362 g/mol. The van der Waals surface area contributed by atoms with Crippen molar-refractivity contribution in [3.63, 3.8) is 0 Å². The van der Waals surface area contributed by atoms with Gasteiger partial charge in [-0.05, 0) is 33.6 Å². The van der Waals surface area contributed by atoms with Crippen molar-refractivity contribution in [3.05, 3.63) is 28.2 Å². The fourth-order valence-electron chi connectivity index (χ4n) is 1.20. The van der Waals surface area contributed by atoms with Gasteiger partial charge < -0.3 is 4.74 Å². The van der Waals surface area contributed by atoms with E-state index < -0.39 is 17.4 Å². The van der Waals surface area contributed by atoms with Gasteiger partial charge in [0.05, 0.1) is 18.0 Å². The lowest BCUT2D eigenvalue weighted by Crippen LogP contribution is -2.10. The summed E-state index contributed by atoms with van der Waals surface area (Å²) < 4.78 is 42.1. The third-order valence-corrected chi connectivity index (χ3v) is 3.42. The van der Waals surface area contributed by atoms with Crippen LogP contribution in [0.1, 0.15) is 16.8 Å². The zero-order valence-corrected chi connectivity index (χ0v) is 11.5. The Morgan fingerprint density at radius 3 is 2.44 bits per heavy atom. The van der Waals surface area contributed by atoms with E-state index in [9.17, 15) is 13.2 Å². The van der Waals surface area contributed by atoms with Gasteiger partial charge in [0.2, 0.25) is 0 Å². The fourth-order valence-corrected chi connectivity index (χ4v) is 2.41. The van der Waals surface area contributed by atoms with E-state index in [1.54, 1.807) is 18.2 Å². The van der Waals surface area contributed by atoms with E-state index in [4.69, 9.17) is 4.74 Å². The number of ether oxygens (including phenoxy) is 1.